The smallest absolute Gasteiger partial charge is 0.00506 e. The van der Waals surface area contributed by atoms with Gasteiger partial charge in [0.05, 0.1) is 0 Å². The van der Waals surface area contributed by atoms with Gasteiger partial charge in [0.15, 0.2) is 0 Å². The molecule has 0 unspecified atom stereocenters. The largest absolute Gasteiger partial charge is 0.0988 e. The summed E-state index contributed by atoms with van der Waals surface area (Å²) in [4.78, 5) is 0. The molecular formula is C16H26. The van der Waals surface area contributed by atoms with Crippen molar-refractivity contribution in [2.45, 2.75) is 48.0 Å². The summed E-state index contributed by atoms with van der Waals surface area (Å²) in [6.07, 6.45) is 5.41. The van der Waals surface area contributed by atoms with E-state index in [9.17, 15) is 0 Å². The first-order valence-electron chi connectivity index (χ1n) is 6.31. The minimum absolute atomic E-state index is 0.341. The van der Waals surface area contributed by atoms with Crippen molar-refractivity contribution in [3.05, 3.63) is 35.5 Å². The lowest BCUT2D eigenvalue weighted by atomic mass is 9.72. The van der Waals surface area contributed by atoms with Gasteiger partial charge in [-0.1, -0.05) is 56.2 Å². The second-order valence-electron chi connectivity index (χ2n) is 5.66. The normalized spacial score (nSPS) is 35.8. The average molecular weight is 218 g/mol. The molecule has 0 bridgehead atoms. The first-order valence-corrected chi connectivity index (χ1v) is 6.31. The fraction of sp³-hybridized carbons (Fsp3) is 0.625. The van der Waals surface area contributed by atoms with E-state index in [0.29, 0.717) is 5.41 Å². The van der Waals surface area contributed by atoms with Crippen LogP contribution in [0.25, 0.3) is 0 Å². The van der Waals surface area contributed by atoms with Crippen LogP contribution in [0.15, 0.2) is 35.5 Å². The molecule has 0 saturated heterocycles. The second-order valence-corrected chi connectivity index (χ2v) is 5.66. The third-order valence-corrected chi connectivity index (χ3v) is 5.06. The quantitative estimate of drug-likeness (QED) is 0.454. The summed E-state index contributed by atoms with van der Waals surface area (Å²) in [5.74, 6) is 1.46. The van der Waals surface area contributed by atoms with Crippen molar-refractivity contribution in [1.82, 2.24) is 0 Å². The molecule has 1 aliphatic carbocycles. The molecule has 1 aliphatic rings. The van der Waals surface area contributed by atoms with Crippen LogP contribution in [0.4, 0.5) is 0 Å². The van der Waals surface area contributed by atoms with Crippen LogP contribution in [0.1, 0.15) is 48.0 Å². The molecule has 0 heterocycles. The van der Waals surface area contributed by atoms with Gasteiger partial charge in [-0.2, -0.15) is 0 Å². The lowest BCUT2D eigenvalue weighted by molar-refractivity contribution is 0.243. The molecule has 90 valence electrons. The van der Waals surface area contributed by atoms with E-state index in [4.69, 9.17) is 0 Å². The van der Waals surface area contributed by atoms with Crippen LogP contribution >= 0.6 is 0 Å². The molecule has 1 rings (SSSR count). The van der Waals surface area contributed by atoms with Gasteiger partial charge < -0.3 is 0 Å². The Labute approximate surface area is 101 Å². The second kappa shape index (κ2) is 4.61. The van der Waals surface area contributed by atoms with Crippen LogP contribution in [-0.2, 0) is 0 Å². The summed E-state index contributed by atoms with van der Waals surface area (Å²) in [6, 6.07) is 0. The fourth-order valence-electron chi connectivity index (χ4n) is 2.86. The van der Waals surface area contributed by atoms with Crippen molar-refractivity contribution in [3.63, 3.8) is 0 Å². The van der Waals surface area contributed by atoms with Crippen molar-refractivity contribution in [1.29, 1.82) is 0 Å². The molecule has 0 nitrogen and oxygen atoms in total. The molecule has 0 amide bonds. The van der Waals surface area contributed by atoms with E-state index in [-0.39, 0.29) is 0 Å². The third kappa shape index (κ3) is 2.03. The third-order valence-electron chi connectivity index (χ3n) is 5.06. The first-order chi connectivity index (χ1) is 7.34. The molecule has 0 aromatic heterocycles. The topological polar surface area (TPSA) is 0 Å². The fourth-order valence-corrected chi connectivity index (χ4v) is 2.86. The molecule has 3 atom stereocenters. The van der Waals surface area contributed by atoms with Crippen LogP contribution in [-0.4, -0.2) is 0 Å². The van der Waals surface area contributed by atoms with E-state index >= 15 is 0 Å². The van der Waals surface area contributed by atoms with Gasteiger partial charge in [0.25, 0.3) is 0 Å². The van der Waals surface area contributed by atoms with Gasteiger partial charge in [0.1, 0.15) is 0 Å². The zero-order valence-corrected chi connectivity index (χ0v) is 11.7. The molecule has 0 saturated carbocycles. The van der Waals surface area contributed by atoms with Gasteiger partial charge in [-0.15, -0.1) is 0 Å². The van der Waals surface area contributed by atoms with Crippen molar-refractivity contribution in [2.75, 3.05) is 0 Å². The molecule has 0 radical (unpaired) electrons. The number of rotatable bonds is 3. The van der Waals surface area contributed by atoms with E-state index < -0.39 is 0 Å². The monoisotopic (exact) mass is 218 g/mol. The van der Waals surface area contributed by atoms with Crippen LogP contribution in [0.5, 0.6) is 0 Å². The van der Waals surface area contributed by atoms with Crippen LogP contribution in [0, 0.1) is 17.3 Å². The van der Waals surface area contributed by atoms with E-state index in [2.05, 4.69) is 54.2 Å². The minimum atomic E-state index is 0.341. The van der Waals surface area contributed by atoms with Crippen LogP contribution < -0.4 is 0 Å². The van der Waals surface area contributed by atoms with E-state index in [1.165, 1.54) is 5.57 Å². The maximum Gasteiger partial charge on any atom is -0.00506 e. The predicted octanol–water partition coefficient (Wildman–Crippen LogP) is 5.14. The van der Waals surface area contributed by atoms with E-state index in [0.717, 1.165) is 18.3 Å². The highest BCUT2D eigenvalue weighted by Gasteiger charge is 2.42. The minimum Gasteiger partial charge on any atom is -0.0988 e. The average Bonchev–Trinajstić information content (AvgIpc) is 2.43. The van der Waals surface area contributed by atoms with Crippen LogP contribution in [0.3, 0.4) is 0 Å². The molecule has 0 heteroatoms. The summed E-state index contributed by atoms with van der Waals surface area (Å²) >= 11 is 0. The first kappa shape index (κ1) is 13.3. The zero-order valence-electron chi connectivity index (χ0n) is 11.7. The molecule has 0 N–H and O–H groups in total. The van der Waals surface area contributed by atoms with Crippen molar-refractivity contribution in [2.24, 2.45) is 17.3 Å². The molecule has 16 heavy (non-hydrogen) atoms. The SMILES string of the molecule is C=C/C(C)=C\C[C@]1(C)C(C)=C(C)[C@H](C)[C@H]1C. The lowest BCUT2D eigenvalue weighted by Gasteiger charge is -2.32. The molecule has 0 aliphatic heterocycles. The summed E-state index contributed by atoms with van der Waals surface area (Å²) in [7, 11) is 0. The van der Waals surface area contributed by atoms with E-state index in [1.807, 2.05) is 6.08 Å². The Morgan fingerprint density at radius 1 is 1.38 bits per heavy atom. The van der Waals surface area contributed by atoms with Gasteiger partial charge in [0, 0.05) is 0 Å². The van der Waals surface area contributed by atoms with Gasteiger partial charge in [-0.3, -0.25) is 0 Å². The van der Waals surface area contributed by atoms with E-state index in [1.54, 1.807) is 11.1 Å². The number of hydrogen-bond acceptors (Lipinski definition) is 0. The summed E-state index contributed by atoms with van der Waals surface area (Å²) in [5, 5.41) is 0. The summed E-state index contributed by atoms with van der Waals surface area (Å²) in [6.45, 7) is 17.7. The Morgan fingerprint density at radius 3 is 2.31 bits per heavy atom. The predicted molar refractivity (Wildman–Crippen MR) is 73.4 cm³/mol. The van der Waals surface area contributed by atoms with Crippen LogP contribution in [0.2, 0.25) is 0 Å². The highest BCUT2D eigenvalue weighted by atomic mass is 14.5. The van der Waals surface area contributed by atoms with Gasteiger partial charge in [-0.05, 0) is 44.4 Å². The maximum atomic E-state index is 3.82. The Morgan fingerprint density at radius 2 is 1.94 bits per heavy atom. The zero-order chi connectivity index (χ0) is 12.5. The highest BCUT2D eigenvalue weighted by Crippen LogP contribution is 2.52. The lowest BCUT2D eigenvalue weighted by Crippen LogP contribution is -2.24. The van der Waals surface area contributed by atoms with Crippen molar-refractivity contribution < 1.29 is 0 Å². The summed E-state index contributed by atoms with van der Waals surface area (Å²) < 4.78 is 0. The Bertz CT molecular complexity index is 343. The standard InChI is InChI=1S/C16H26/c1-8-11(2)9-10-16(7)14(5)12(3)13(4)15(16)6/h8-9,12,14H,1,10H2,2-7H3/b11-9-/t12-,14+,16-/m0/s1. The van der Waals surface area contributed by atoms with Crippen molar-refractivity contribution in [3.8, 4) is 0 Å². The van der Waals surface area contributed by atoms with Crippen molar-refractivity contribution >= 4 is 0 Å². The Balaban J connectivity index is 2.97. The van der Waals surface area contributed by atoms with Gasteiger partial charge >= 0.3 is 0 Å². The highest BCUT2D eigenvalue weighted by molar-refractivity contribution is 5.30. The number of hydrogen-bond donors (Lipinski definition) is 0. The maximum absolute atomic E-state index is 3.82. The summed E-state index contributed by atoms with van der Waals surface area (Å²) in [5.41, 5.74) is 4.83. The Kier molecular flexibility index (Phi) is 3.83. The molecule has 0 spiro atoms. The number of allylic oxidation sites excluding steroid dienone is 5. The molecule has 0 fully saturated rings. The van der Waals surface area contributed by atoms with Gasteiger partial charge in [-0.25, -0.2) is 0 Å². The molecule has 0 aromatic rings. The molecular weight excluding hydrogens is 192 g/mol. The molecule has 0 aromatic carbocycles. The Hall–Kier alpha value is -0.780. The van der Waals surface area contributed by atoms with Gasteiger partial charge in [0.2, 0.25) is 0 Å².